The Morgan fingerprint density at radius 2 is 2.00 bits per heavy atom. The van der Waals surface area contributed by atoms with E-state index in [0.29, 0.717) is 25.4 Å². The van der Waals surface area contributed by atoms with Gasteiger partial charge >= 0.3 is 12.0 Å². The van der Waals surface area contributed by atoms with Crippen molar-refractivity contribution in [1.82, 2.24) is 10.6 Å². The summed E-state index contributed by atoms with van der Waals surface area (Å²) < 4.78 is 0. The first kappa shape index (κ1) is 17.3. The summed E-state index contributed by atoms with van der Waals surface area (Å²) in [4.78, 5) is 22.2. The molecule has 0 aliphatic carbocycles. The van der Waals surface area contributed by atoms with Crippen LogP contribution in [0.4, 0.5) is 4.79 Å². The number of carboxylic acids is 1. The number of terminal acetylenes is 1. The van der Waals surface area contributed by atoms with Crippen molar-refractivity contribution in [3.8, 4) is 12.3 Å². The van der Waals surface area contributed by atoms with Gasteiger partial charge < -0.3 is 15.7 Å². The van der Waals surface area contributed by atoms with Gasteiger partial charge in [0.2, 0.25) is 0 Å². The molecule has 5 nitrogen and oxygen atoms in total. The minimum atomic E-state index is -0.832. The maximum Gasteiger partial charge on any atom is 0.314 e. The molecule has 0 aromatic heterocycles. The summed E-state index contributed by atoms with van der Waals surface area (Å²) in [6.07, 6.45) is 7.34. The zero-order chi connectivity index (χ0) is 14.7. The van der Waals surface area contributed by atoms with Gasteiger partial charge in [-0.05, 0) is 24.7 Å². The largest absolute Gasteiger partial charge is 0.481 e. The molecule has 0 unspecified atom stereocenters. The fourth-order valence-corrected chi connectivity index (χ4v) is 1.84. The molecule has 3 N–H and O–H groups in total. The molecule has 2 amide bonds. The summed E-state index contributed by atoms with van der Waals surface area (Å²) >= 11 is 0. The van der Waals surface area contributed by atoms with Gasteiger partial charge in [0.1, 0.15) is 0 Å². The molecular formula is C14H24N2O3. The van der Waals surface area contributed by atoms with Crippen LogP contribution in [0.5, 0.6) is 0 Å². The average molecular weight is 268 g/mol. The monoisotopic (exact) mass is 268 g/mol. The summed E-state index contributed by atoms with van der Waals surface area (Å²) in [6, 6.07) is -0.267. The molecule has 0 aliphatic heterocycles. The second kappa shape index (κ2) is 10.2. The topological polar surface area (TPSA) is 78.4 Å². The number of carboxylic acid groups (broad SMARTS) is 1. The van der Waals surface area contributed by atoms with Crippen molar-refractivity contribution in [1.29, 1.82) is 0 Å². The number of amides is 2. The molecule has 0 saturated heterocycles. The molecule has 0 rings (SSSR count). The smallest absolute Gasteiger partial charge is 0.314 e. The first-order valence-electron chi connectivity index (χ1n) is 6.62. The van der Waals surface area contributed by atoms with Gasteiger partial charge in [0.15, 0.2) is 0 Å². The highest BCUT2D eigenvalue weighted by Gasteiger charge is 2.15. The minimum absolute atomic E-state index is 0.0334. The summed E-state index contributed by atoms with van der Waals surface area (Å²) in [5.41, 5.74) is 0. The normalized spacial score (nSPS) is 11.7. The SMILES string of the molecule is C#CCCCNC(=O)NC[C@H](CC(=O)O)CC(C)C. The van der Waals surface area contributed by atoms with E-state index in [2.05, 4.69) is 16.6 Å². The van der Waals surface area contributed by atoms with E-state index >= 15 is 0 Å². The zero-order valence-corrected chi connectivity index (χ0v) is 11.7. The van der Waals surface area contributed by atoms with Crippen LogP contribution in [0.15, 0.2) is 0 Å². The molecule has 5 heteroatoms. The highest BCUT2D eigenvalue weighted by Crippen LogP contribution is 2.14. The lowest BCUT2D eigenvalue weighted by Gasteiger charge is -2.18. The number of rotatable bonds is 9. The Labute approximate surface area is 115 Å². The zero-order valence-electron chi connectivity index (χ0n) is 11.7. The van der Waals surface area contributed by atoms with Crippen molar-refractivity contribution < 1.29 is 14.7 Å². The number of urea groups is 1. The first-order valence-corrected chi connectivity index (χ1v) is 6.62. The van der Waals surface area contributed by atoms with E-state index in [1.807, 2.05) is 13.8 Å². The van der Waals surface area contributed by atoms with E-state index < -0.39 is 5.97 Å². The van der Waals surface area contributed by atoms with E-state index in [0.717, 1.165) is 12.8 Å². The van der Waals surface area contributed by atoms with Crippen molar-refractivity contribution in [3.05, 3.63) is 0 Å². The van der Waals surface area contributed by atoms with Gasteiger partial charge in [0, 0.05) is 25.9 Å². The number of aliphatic carboxylic acids is 1. The number of carbonyl (C=O) groups excluding carboxylic acids is 1. The lowest BCUT2D eigenvalue weighted by molar-refractivity contribution is -0.138. The maximum atomic E-state index is 11.5. The molecule has 0 radical (unpaired) electrons. The second-order valence-corrected chi connectivity index (χ2v) is 5.04. The highest BCUT2D eigenvalue weighted by molar-refractivity contribution is 5.74. The number of hydrogen-bond donors (Lipinski definition) is 3. The summed E-state index contributed by atoms with van der Waals surface area (Å²) in [7, 11) is 0. The first-order chi connectivity index (χ1) is 8.95. The van der Waals surface area contributed by atoms with Gasteiger partial charge in [-0.25, -0.2) is 4.79 Å². The summed E-state index contributed by atoms with van der Waals surface area (Å²) in [5.74, 6) is 2.04. The van der Waals surface area contributed by atoms with E-state index in [4.69, 9.17) is 11.5 Å². The molecule has 19 heavy (non-hydrogen) atoms. The van der Waals surface area contributed by atoms with E-state index in [1.165, 1.54) is 0 Å². The number of carbonyl (C=O) groups is 2. The lowest BCUT2D eigenvalue weighted by atomic mass is 9.94. The van der Waals surface area contributed by atoms with Gasteiger partial charge in [-0.1, -0.05) is 13.8 Å². The van der Waals surface area contributed by atoms with Crippen molar-refractivity contribution in [3.63, 3.8) is 0 Å². The van der Waals surface area contributed by atoms with Gasteiger partial charge in [-0.2, -0.15) is 0 Å². The third kappa shape index (κ3) is 11.1. The van der Waals surface area contributed by atoms with Gasteiger partial charge in [-0.3, -0.25) is 4.79 Å². The molecule has 0 saturated carbocycles. The third-order valence-corrected chi connectivity index (χ3v) is 2.60. The third-order valence-electron chi connectivity index (χ3n) is 2.60. The molecule has 1 atom stereocenters. The predicted molar refractivity (Wildman–Crippen MR) is 74.7 cm³/mol. The standard InChI is InChI=1S/C14H24N2O3/c1-4-5-6-7-15-14(19)16-10-12(8-11(2)3)9-13(17)18/h1,11-12H,5-10H2,2-3H3,(H,17,18)(H2,15,16,19)/t12-/m0/s1. The number of unbranched alkanes of at least 4 members (excludes halogenated alkanes) is 1. The van der Waals surface area contributed by atoms with Crippen LogP contribution in [-0.2, 0) is 4.79 Å². The molecule has 0 aliphatic rings. The van der Waals surface area contributed by atoms with Gasteiger partial charge in [-0.15, -0.1) is 12.3 Å². The minimum Gasteiger partial charge on any atom is -0.481 e. The van der Waals surface area contributed by atoms with Crippen LogP contribution in [0, 0.1) is 24.2 Å². The fourth-order valence-electron chi connectivity index (χ4n) is 1.84. The highest BCUT2D eigenvalue weighted by atomic mass is 16.4. The van der Waals surface area contributed by atoms with Crippen LogP contribution in [0.3, 0.4) is 0 Å². The van der Waals surface area contributed by atoms with Crippen molar-refractivity contribution in [2.75, 3.05) is 13.1 Å². The second-order valence-electron chi connectivity index (χ2n) is 5.04. The van der Waals surface area contributed by atoms with Gasteiger partial charge in [0.25, 0.3) is 0 Å². The summed E-state index contributed by atoms with van der Waals surface area (Å²) in [5, 5.41) is 14.2. The van der Waals surface area contributed by atoms with E-state index in [1.54, 1.807) is 0 Å². The fraction of sp³-hybridized carbons (Fsp3) is 0.714. The molecule has 0 bridgehead atoms. The maximum absolute atomic E-state index is 11.5. The Balaban J connectivity index is 3.92. The molecular weight excluding hydrogens is 244 g/mol. The van der Waals surface area contributed by atoms with Crippen LogP contribution in [-0.4, -0.2) is 30.2 Å². The Morgan fingerprint density at radius 3 is 2.53 bits per heavy atom. The lowest BCUT2D eigenvalue weighted by Crippen LogP contribution is -2.39. The number of hydrogen-bond acceptors (Lipinski definition) is 2. The van der Waals surface area contributed by atoms with Crippen LogP contribution in [0.1, 0.15) is 39.5 Å². The van der Waals surface area contributed by atoms with E-state index in [9.17, 15) is 9.59 Å². The Morgan fingerprint density at radius 1 is 1.32 bits per heavy atom. The van der Waals surface area contributed by atoms with E-state index in [-0.39, 0.29) is 18.4 Å². The Hall–Kier alpha value is -1.70. The molecule has 0 aromatic carbocycles. The van der Waals surface area contributed by atoms with Crippen LogP contribution >= 0.6 is 0 Å². The molecule has 0 aromatic rings. The molecule has 0 heterocycles. The Bertz CT molecular complexity index is 321. The van der Waals surface area contributed by atoms with Crippen LogP contribution in [0.25, 0.3) is 0 Å². The van der Waals surface area contributed by atoms with Crippen LogP contribution < -0.4 is 10.6 Å². The van der Waals surface area contributed by atoms with Crippen molar-refractivity contribution in [2.24, 2.45) is 11.8 Å². The quantitative estimate of drug-likeness (QED) is 0.441. The van der Waals surface area contributed by atoms with Crippen molar-refractivity contribution in [2.45, 2.75) is 39.5 Å². The van der Waals surface area contributed by atoms with Gasteiger partial charge in [0.05, 0.1) is 0 Å². The predicted octanol–water partition coefficient (Wildman–Crippen LogP) is 1.84. The van der Waals surface area contributed by atoms with Crippen LogP contribution in [0.2, 0.25) is 0 Å². The molecule has 0 spiro atoms. The number of nitrogens with one attached hydrogen (secondary N) is 2. The molecule has 108 valence electrons. The average Bonchev–Trinajstić information content (AvgIpc) is 2.30. The van der Waals surface area contributed by atoms with Crippen molar-refractivity contribution >= 4 is 12.0 Å². The Kier molecular flexibility index (Phi) is 9.33. The summed E-state index contributed by atoms with van der Waals surface area (Å²) in [6.45, 7) is 4.98. The molecule has 0 fully saturated rings.